The smallest absolute Gasteiger partial charge is 0.488 e. The van der Waals surface area contributed by atoms with Crippen LogP contribution in [0.4, 0.5) is 51.2 Å². The van der Waals surface area contributed by atoms with E-state index in [4.69, 9.17) is 97.2 Å². The molecule has 43 nitrogen and oxygen atoms in total. The van der Waals surface area contributed by atoms with Gasteiger partial charge in [0.1, 0.15) is 45.6 Å². The number of aliphatic hydroxyl groups excluding tert-OH is 1. The maximum atomic E-state index is 11.9. The van der Waals surface area contributed by atoms with Crippen LogP contribution in [0.25, 0.3) is 0 Å². The number of nitrogens with zero attached hydrogens (tertiary/aromatic N) is 13. The van der Waals surface area contributed by atoms with Gasteiger partial charge in [0.25, 0.3) is 5.56 Å². The quantitative estimate of drug-likeness (QED) is 0.00249. The highest BCUT2D eigenvalue weighted by atomic mass is 35.5. The molecule has 0 atom stereocenters. The van der Waals surface area contributed by atoms with Gasteiger partial charge in [0.15, 0.2) is 37.2 Å². The molecule has 50 heteroatoms. The Balaban J connectivity index is 0.000000238. The summed E-state index contributed by atoms with van der Waals surface area (Å²) in [6.07, 6.45) is 17.7. The van der Waals surface area contributed by atoms with E-state index in [1.165, 1.54) is 87.0 Å². The lowest BCUT2D eigenvalue weighted by Crippen LogP contribution is -2.40. The molecular weight excluding hydrogens is 1890 g/mol. The number of nitrogen functional groups attached to an aromatic ring is 1. The number of ether oxygens (including phenoxy) is 6. The van der Waals surface area contributed by atoms with Crippen LogP contribution in [0, 0.1) is 0 Å². The number of anilines is 8. The molecule has 0 unspecified atom stereocenters. The number of nitrogens with two attached hydrogens (primary N) is 3. The summed E-state index contributed by atoms with van der Waals surface area (Å²) >= 11 is 28.6. The average Bonchev–Trinajstić information content (AvgIpc) is 1.81. The molecule has 136 heavy (non-hydrogen) atoms. The first-order chi connectivity index (χ1) is 64.7. The number of rotatable bonds is 28. The molecule has 18 N–H and O–H groups in total. The van der Waals surface area contributed by atoms with Crippen LogP contribution in [-0.2, 0) is 55.7 Å². The molecule has 4 saturated carbocycles. The van der Waals surface area contributed by atoms with Crippen molar-refractivity contribution in [3.63, 3.8) is 0 Å². The minimum Gasteiger partial charge on any atom is -0.500 e. The second-order valence-electron chi connectivity index (χ2n) is 30.8. The first kappa shape index (κ1) is 112. The van der Waals surface area contributed by atoms with E-state index >= 15 is 0 Å². The molecule has 0 spiro atoms. The zero-order valence-electron chi connectivity index (χ0n) is 77.1. The van der Waals surface area contributed by atoms with E-state index in [1.54, 1.807) is 72.0 Å². The van der Waals surface area contributed by atoms with Crippen LogP contribution in [0.1, 0.15) is 202 Å². The fourth-order valence-corrected chi connectivity index (χ4v) is 12.1. The Morgan fingerprint density at radius 3 is 1.29 bits per heavy atom. The zero-order valence-corrected chi connectivity index (χ0v) is 81.9. The fraction of sp³-hybridized carbons (Fsp3) is 0.395. The number of H-pyrrole nitrogens is 6. The van der Waals surface area contributed by atoms with Gasteiger partial charge in [-0.2, -0.15) is 25.4 Å². The highest BCUT2D eigenvalue weighted by molar-refractivity contribution is 6.74. The van der Waals surface area contributed by atoms with E-state index in [9.17, 15) is 38.7 Å². The van der Waals surface area contributed by atoms with Gasteiger partial charge in [-0.05, 0) is 175 Å². The van der Waals surface area contributed by atoms with E-state index < -0.39 is 62.6 Å². The van der Waals surface area contributed by atoms with Gasteiger partial charge in [-0.1, -0.05) is 80.9 Å². The van der Waals surface area contributed by atoms with Crippen LogP contribution in [0.15, 0.2) is 137 Å². The molecule has 0 saturated heterocycles. The van der Waals surface area contributed by atoms with Gasteiger partial charge < -0.3 is 91.0 Å². The van der Waals surface area contributed by atoms with Crippen molar-refractivity contribution in [2.75, 3.05) is 80.3 Å². The van der Waals surface area contributed by atoms with Crippen molar-refractivity contribution in [1.29, 1.82) is 0 Å². The minimum atomic E-state index is -1.86. The molecule has 0 radical (unpaired) electrons. The summed E-state index contributed by atoms with van der Waals surface area (Å²) in [5, 5.41) is 64.5. The number of primary amides is 2. The summed E-state index contributed by atoms with van der Waals surface area (Å²) in [5.74, 6) is 3.26. The molecule has 15 rings (SSSR count). The first-order valence-corrected chi connectivity index (χ1v) is 47.5. The number of amides is 2. The topological polar surface area (TPSA) is 629 Å². The third-order valence-electron chi connectivity index (χ3n) is 19.0. The van der Waals surface area contributed by atoms with Crippen LogP contribution in [-0.4, -0.2) is 211 Å². The number of para-hydroxylation sites is 1. The molecule has 11 aromatic rings. The van der Waals surface area contributed by atoms with Crippen molar-refractivity contribution in [3.8, 4) is 0 Å². The van der Waals surface area contributed by atoms with Gasteiger partial charge in [0.2, 0.25) is 21.1 Å². The van der Waals surface area contributed by atoms with Gasteiger partial charge in [0.05, 0.1) is 52.9 Å². The normalized spacial score (nSPS) is 12.4. The molecule has 9 heterocycles. The SMILES string of the molecule is CC(C)(C)[Si](C)(C)OCc1cnc(Cl)nc1Nc1cc(C2CC2)[nH]n1.CCOC(=O)c1c[nH]c(=O)[nH]c1=O.CCOC(=O)c1cnc(Cl)nc1Cl.CCOC(=O)c1cnc(Cl)nc1Nc1cc(C2CC2)[nH]n1.CCOC=C(C(=O)OCC)C(=O)OCC.CN(C)c1ccccc1.NC(N)=O.Nc1cc(C2CC2)[nH]n1.OB(O)c1ccccc1.OCc1cnc(Cl)nc1Nc1cc(C2CC2)[nH]n1. The number of hydrogen-bond acceptors (Lipinski definition) is 35. The highest BCUT2D eigenvalue weighted by Gasteiger charge is 2.38. The zero-order chi connectivity index (χ0) is 100. The van der Waals surface area contributed by atoms with Crippen LogP contribution >= 0.6 is 58.0 Å². The Kier molecular flexibility index (Phi) is 46.9. The lowest BCUT2D eigenvalue weighted by molar-refractivity contribution is -0.146. The van der Waals surface area contributed by atoms with Crippen molar-refractivity contribution in [3.05, 3.63) is 225 Å². The summed E-state index contributed by atoms with van der Waals surface area (Å²) < 4.78 is 34.8. The number of urea groups is 1. The Hall–Kier alpha value is -13.0. The molecule has 4 aliphatic carbocycles. The number of nitrogens with one attached hydrogen (secondary N) is 9. The van der Waals surface area contributed by atoms with Crippen molar-refractivity contribution in [1.82, 2.24) is 90.6 Å². The molecular formula is C86H113BCl5N25O18Si. The fourth-order valence-electron chi connectivity index (χ4n) is 10.4. The molecule has 2 aromatic carbocycles. The van der Waals surface area contributed by atoms with Gasteiger partial charge >= 0.3 is 48.7 Å². The maximum absolute atomic E-state index is 11.9. The van der Waals surface area contributed by atoms with Crippen LogP contribution < -0.4 is 54.8 Å². The van der Waals surface area contributed by atoms with Gasteiger partial charge in [-0.15, -0.1) is 0 Å². The molecule has 4 fully saturated rings. The number of halogens is 5. The van der Waals surface area contributed by atoms with Crippen molar-refractivity contribution < 1.29 is 76.8 Å². The number of esters is 5. The summed E-state index contributed by atoms with van der Waals surface area (Å²) in [7, 11) is 0.876. The Labute approximate surface area is 809 Å². The van der Waals surface area contributed by atoms with Crippen molar-refractivity contribution >= 4 is 161 Å². The lowest BCUT2D eigenvalue weighted by Gasteiger charge is -2.36. The van der Waals surface area contributed by atoms with E-state index in [0.717, 1.165) is 41.1 Å². The third kappa shape index (κ3) is 40.3. The van der Waals surface area contributed by atoms with Crippen LogP contribution in [0.2, 0.25) is 44.4 Å². The molecule has 0 bridgehead atoms. The molecule has 732 valence electrons. The van der Waals surface area contributed by atoms with Gasteiger partial charge in [0, 0.05) is 133 Å². The molecule has 9 aromatic heterocycles. The number of aromatic nitrogens is 18. The predicted octanol–water partition coefficient (Wildman–Crippen LogP) is 12.9. The van der Waals surface area contributed by atoms with Gasteiger partial charge in [-0.3, -0.25) is 30.2 Å². The number of carbonyl (C=O) groups excluding carboxylic acids is 6. The summed E-state index contributed by atoms with van der Waals surface area (Å²) in [5.41, 5.74) is 20.2. The average molecular weight is 2000 g/mol. The standard InChI is InChI=1S/C17H26ClN5OSi.C13H14ClN5O2.C11H12ClN5O.C10H16O5.C8H11N.C7H6Cl2N2O2.C7H8N2O4.C6H7BO2.C6H9N3.CH4N2O/c1-17(2,3)25(4,5)24-10-12-9-19-16(18)21-15(12)20-14-8-13(22-23-14)11-6-7-11;1-2-21-12(20)8-6-15-13(14)17-11(8)16-10-5-9(18-19-10)7-3-4-7;12-11-13-4-7(5-18)10(15-11)14-9-3-8(16-17-9)6-1-2-6;1-4-13-7-8(9(11)14-5-2)10(12)15-6-3;1-9(2)8-6-4-3-5-7-8;1-2-13-6(12)4-3-10-7(9)11-5(4)8;1-2-13-6(11)4-3-8-7(12)9-5(4)10;8-7(9)6-4-2-1-3-5-6;7-6-3-5(8-9-6)4-1-2-4;2-1(3)4/h8-9,11H,6-7,10H2,1-5H3,(H2,19,20,21,22,23);5-7H,2-4H2,1H3,(H2,15,16,17,18,19);3-4,6,18H,1-2,5H2,(H2,13,14,15,16,17);7H,4-6H2,1-3H3;3-7H,1-2H3;3H,2H2,1H3;3H,2H2,1H3,(H2,8,9,10,12);1-5,8-9H;3-4H,1-2H2,(H3,7,8,9);(H4,2,3,4). The summed E-state index contributed by atoms with van der Waals surface area (Å²) in [6, 6.07) is 25.9. The monoisotopic (exact) mass is 2000 g/mol. The lowest BCUT2D eigenvalue weighted by atomic mass is 9.81. The number of benzene rings is 2. The minimum absolute atomic E-state index is 0.00144. The third-order valence-corrected chi connectivity index (χ3v) is 24.5. The van der Waals surface area contributed by atoms with E-state index in [-0.39, 0.29) is 99.0 Å². The second-order valence-corrected chi connectivity index (χ2v) is 37.3. The Morgan fingerprint density at radius 1 is 0.529 bits per heavy atom. The Bertz CT molecular complexity index is 5690. The van der Waals surface area contributed by atoms with Crippen molar-refractivity contribution in [2.24, 2.45) is 11.5 Å². The number of carbonyl (C=O) groups is 6. The Morgan fingerprint density at radius 2 is 0.912 bits per heavy atom. The number of aliphatic hydroxyl groups is 1. The predicted molar refractivity (Wildman–Crippen MR) is 517 cm³/mol. The summed E-state index contributed by atoms with van der Waals surface area (Å²) in [4.78, 5) is 125. The van der Waals surface area contributed by atoms with Gasteiger partial charge in [-0.25, -0.2) is 68.4 Å². The first-order valence-electron chi connectivity index (χ1n) is 42.7. The molecule has 4 aliphatic rings. The van der Waals surface area contributed by atoms with Crippen molar-refractivity contribution in [2.45, 2.75) is 169 Å². The summed E-state index contributed by atoms with van der Waals surface area (Å²) in [6.45, 7) is 23.0. The van der Waals surface area contributed by atoms with E-state index in [0.29, 0.717) is 71.1 Å². The van der Waals surface area contributed by atoms with E-state index in [2.05, 4.69) is 178 Å². The highest BCUT2D eigenvalue weighted by Crippen LogP contribution is 2.43. The van der Waals surface area contributed by atoms with E-state index in [1.807, 2.05) is 67.6 Å². The van der Waals surface area contributed by atoms with Crippen LogP contribution in [0.5, 0.6) is 0 Å². The maximum Gasteiger partial charge on any atom is 0.488 e. The second kappa shape index (κ2) is 57.0. The largest absolute Gasteiger partial charge is 0.500 e. The van der Waals surface area contributed by atoms with Crippen LogP contribution in [0.3, 0.4) is 0 Å². The number of hydrogen-bond donors (Lipinski definition) is 15. The molecule has 0 aliphatic heterocycles. The molecule has 2 amide bonds. The number of aromatic amines is 6.